The van der Waals surface area contributed by atoms with E-state index in [2.05, 4.69) is 0 Å². The first-order chi connectivity index (χ1) is 6.77. The minimum absolute atomic E-state index is 0.0267. The summed E-state index contributed by atoms with van der Waals surface area (Å²) < 4.78 is 59.7. The van der Waals surface area contributed by atoms with Crippen LogP contribution in [-0.2, 0) is 9.84 Å². The van der Waals surface area contributed by atoms with E-state index >= 15 is 0 Å². The molecule has 0 aromatic heterocycles. The van der Waals surface area contributed by atoms with Gasteiger partial charge in [-0.25, -0.2) is 8.42 Å². The first kappa shape index (κ1) is 10.2. The number of alkyl halides is 4. The van der Waals surface area contributed by atoms with Crippen LogP contribution in [0.15, 0.2) is 0 Å². The lowest BCUT2D eigenvalue weighted by Gasteiger charge is -2.18. The third kappa shape index (κ3) is 1.00. The average molecular weight is 261 g/mol. The van der Waals surface area contributed by atoms with Crippen molar-refractivity contribution < 1.29 is 21.6 Å². The molecule has 4 bridgehead atoms. The highest BCUT2D eigenvalue weighted by Gasteiger charge is 2.78. The molecule has 6 unspecified atom stereocenters. The van der Waals surface area contributed by atoms with Crippen molar-refractivity contribution in [1.82, 2.24) is 0 Å². The molecular formula is C8H8ClF3O2S. The molecule has 0 N–H and O–H groups in total. The van der Waals surface area contributed by atoms with Gasteiger partial charge in [0.25, 0.3) is 9.84 Å². The molecule has 4 aliphatic carbocycles. The summed E-state index contributed by atoms with van der Waals surface area (Å²) in [6.45, 7) is 0. The number of rotatable bonds is 1. The van der Waals surface area contributed by atoms with Crippen molar-refractivity contribution in [3.05, 3.63) is 0 Å². The second-order valence-corrected chi connectivity index (χ2v) is 7.22. The van der Waals surface area contributed by atoms with Crippen molar-refractivity contribution in [2.75, 3.05) is 0 Å². The maximum atomic E-state index is 12.4. The first-order valence-corrected chi connectivity index (χ1v) is 6.69. The van der Waals surface area contributed by atoms with Crippen molar-refractivity contribution in [3.8, 4) is 0 Å². The average Bonchev–Trinajstić information content (AvgIpc) is 2.39. The molecule has 7 heteroatoms. The Morgan fingerprint density at radius 3 is 2.00 bits per heavy atom. The van der Waals surface area contributed by atoms with Gasteiger partial charge in [-0.2, -0.15) is 13.2 Å². The summed E-state index contributed by atoms with van der Waals surface area (Å²) in [6.07, 6.45) is 0.559. The fourth-order valence-corrected chi connectivity index (χ4v) is 6.12. The van der Waals surface area contributed by atoms with Gasteiger partial charge < -0.3 is 0 Å². The predicted octanol–water partition coefficient (Wildman–Crippen LogP) is 1.79. The van der Waals surface area contributed by atoms with Crippen molar-refractivity contribution >= 4 is 21.4 Å². The summed E-state index contributed by atoms with van der Waals surface area (Å²) in [4.78, 5) is 0. The fraction of sp³-hybridized carbons (Fsp3) is 1.00. The minimum Gasteiger partial charge on any atom is -0.219 e. The van der Waals surface area contributed by atoms with E-state index < -0.39 is 26.5 Å². The van der Waals surface area contributed by atoms with Gasteiger partial charge in [0.2, 0.25) is 0 Å². The van der Waals surface area contributed by atoms with E-state index in [0.29, 0.717) is 6.42 Å². The molecule has 0 aromatic carbocycles. The van der Waals surface area contributed by atoms with Crippen molar-refractivity contribution in [3.63, 3.8) is 0 Å². The largest absolute Gasteiger partial charge is 0.497 e. The zero-order chi connectivity index (χ0) is 11.2. The van der Waals surface area contributed by atoms with E-state index in [0.717, 1.165) is 0 Å². The van der Waals surface area contributed by atoms with Gasteiger partial charge in [0.1, 0.15) is 0 Å². The Bertz CT molecular complexity index is 418. The molecule has 0 heterocycles. The van der Waals surface area contributed by atoms with Gasteiger partial charge >= 0.3 is 5.51 Å². The number of sulfone groups is 1. The maximum absolute atomic E-state index is 12.4. The van der Waals surface area contributed by atoms with Gasteiger partial charge in [-0.3, -0.25) is 0 Å². The summed E-state index contributed by atoms with van der Waals surface area (Å²) >= 11 is 5.92. The third-order valence-corrected chi connectivity index (χ3v) is 6.74. The molecule has 0 amide bonds. The molecule has 2 nitrogen and oxygen atoms in total. The molecule has 4 fully saturated rings. The Labute approximate surface area is 89.7 Å². The first-order valence-electron chi connectivity index (χ1n) is 4.71. The van der Waals surface area contributed by atoms with E-state index in [4.69, 9.17) is 11.6 Å². The Kier molecular flexibility index (Phi) is 1.68. The highest BCUT2D eigenvalue weighted by molar-refractivity contribution is 7.92. The summed E-state index contributed by atoms with van der Waals surface area (Å²) in [7, 11) is -5.01. The van der Waals surface area contributed by atoms with Gasteiger partial charge in [-0.05, 0) is 30.1 Å². The highest BCUT2D eigenvalue weighted by atomic mass is 35.5. The molecule has 0 radical (unpaired) electrons. The Balaban J connectivity index is 1.99. The Hall–Kier alpha value is 0.0300. The lowest BCUT2D eigenvalue weighted by Crippen LogP contribution is -2.37. The monoisotopic (exact) mass is 260 g/mol. The molecule has 0 aromatic rings. The molecule has 0 aliphatic heterocycles. The molecule has 15 heavy (non-hydrogen) atoms. The molecule has 0 saturated heterocycles. The second kappa shape index (κ2) is 2.47. The normalized spacial score (nSPS) is 52.3. The van der Waals surface area contributed by atoms with Crippen LogP contribution in [-0.4, -0.2) is 24.6 Å². The van der Waals surface area contributed by atoms with E-state index in [1.165, 1.54) is 0 Å². The van der Waals surface area contributed by atoms with Crippen LogP contribution in [0.1, 0.15) is 6.42 Å². The highest BCUT2D eigenvalue weighted by Crippen LogP contribution is 2.74. The predicted molar refractivity (Wildman–Crippen MR) is 47.0 cm³/mol. The molecule has 4 saturated carbocycles. The van der Waals surface area contributed by atoms with Crippen molar-refractivity contribution in [2.45, 2.75) is 22.6 Å². The topological polar surface area (TPSA) is 34.1 Å². The summed E-state index contributed by atoms with van der Waals surface area (Å²) in [6, 6.07) is 0. The SMILES string of the molecule is O=S(=O)(C1C2CC3C(C2Cl)C31)C(F)(F)F. The number of hydrogen-bond acceptors (Lipinski definition) is 2. The van der Waals surface area contributed by atoms with Crippen LogP contribution in [0.4, 0.5) is 13.2 Å². The number of hydrogen-bond donors (Lipinski definition) is 0. The van der Waals surface area contributed by atoms with E-state index in [9.17, 15) is 21.6 Å². The van der Waals surface area contributed by atoms with E-state index in [1.54, 1.807) is 0 Å². The lowest BCUT2D eigenvalue weighted by atomic mass is 10.1. The zero-order valence-electron chi connectivity index (χ0n) is 7.41. The minimum atomic E-state index is -5.13. The van der Waals surface area contributed by atoms with E-state index in [1.807, 2.05) is 0 Å². The summed E-state index contributed by atoms with van der Waals surface area (Å²) in [5.41, 5.74) is -5.13. The molecule has 0 spiro atoms. The molecule has 4 rings (SSSR count). The van der Waals surface area contributed by atoms with Gasteiger partial charge in [0.05, 0.1) is 5.25 Å². The summed E-state index contributed by atoms with van der Waals surface area (Å²) in [5, 5.41) is -1.61. The Morgan fingerprint density at radius 1 is 1.13 bits per heavy atom. The van der Waals surface area contributed by atoms with Crippen LogP contribution in [0.2, 0.25) is 0 Å². The standard InChI is InChI=1S/C8H8ClF3O2S/c9-6-3-1-2-4(6)5(2)7(3)15(13,14)8(10,11)12/h2-7H,1H2. The number of halogens is 4. The van der Waals surface area contributed by atoms with Gasteiger partial charge in [-0.1, -0.05) is 0 Å². The summed E-state index contributed by atoms with van der Waals surface area (Å²) in [5.74, 6) is -0.624. The molecule has 6 atom stereocenters. The zero-order valence-corrected chi connectivity index (χ0v) is 8.98. The maximum Gasteiger partial charge on any atom is 0.497 e. The molecular weight excluding hydrogens is 253 g/mol. The molecule has 4 aliphatic rings. The van der Waals surface area contributed by atoms with Crippen LogP contribution >= 0.6 is 11.6 Å². The Morgan fingerprint density at radius 2 is 1.73 bits per heavy atom. The van der Waals surface area contributed by atoms with Crippen molar-refractivity contribution in [1.29, 1.82) is 0 Å². The van der Waals surface area contributed by atoms with Gasteiger partial charge in [0.15, 0.2) is 0 Å². The van der Waals surface area contributed by atoms with Crippen LogP contribution in [0, 0.1) is 23.7 Å². The van der Waals surface area contributed by atoms with Gasteiger partial charge in [0, 0.05) is 5.38 Å². The van der Waals surface area contributed by atoms with Gasteiger partial charge in [-0.15, -0.1) is 11.6 Å². The van der Waals surface area contributed by atoms with E-state index in [-0.39, 0.29) is 23.1 Å². The van der Waals surface area contributed by atoms with Crippen LogP contribution in [0.25, 0.3) is 0 Å². The van der Waals surface area contributed by atoms with Crippen LogP contribution in [0.3, 0.4) is 0 Å². The lowest BCUT2D eigenvalue weighted by molar-refractivity contribution is -0.0448. The van der Waals surface area contributed by atoms with Crippen molar-refractivity contribution in [2.24, 2.45) is 23.7 Å². The molecule has 86 valence electrons. The third-order valence-electron chi connectivity index (χ3n) is 4.10. The second-order valence-electron chi connectivity index (χ2n) is 4.62. The quantitative estimate of drug-likeness (QED) is 0.674. The van der Waals surface area contributed by atoms with Crippen LogP contribution in [0.5, 0.6) is 0 Å². The van der Waals surface area contributed by atoms with Crippen LogP contribution < -0.4 is 0 Å². The smallest absolute Gasteiger partial charge is 0.219 e. The fourth-order valence-electron chi connectivity index (χ4n) is 3.58.